The standard InChI is InChI=1S/C15H21NO2/c1-11(13-5-3-6-13)16-9-8-12-4-2-7-14(10-12)15(17)18/h2,4,7,10-11,13,16H,3,5-6,8-9H2,1H3,(H,17,18). The average molecular weight is 247 g/mol. The van der Waals surface area contributed by atoms with Gasteiger partial charge in [0.05, 0.1) is 5.56 Å². The van der Waals surface area contributed by atoms with E-state index in [1.807, 2.05) is 12.1 Å². The van der Waals surface area contributed by atoms with Crippen molar-refractivity contribution < 1.29 is 9.90 Å². The highest BCUT2D eigenvalue weighted by Crippen LogP contribution is 2.29. The van der Waals surface area contributed by atoms with Crippen molar-refractivity contribution in [3.63, 3.8) is 0 Å². The summed E-state index contributed by atoms with van der Waals surface area (Å²) in [7, 11) is 0. The van der Waals surface area contributed by atoms with Gasteiger partial charge in [0, 0.05) is 6.04 Å². The molecule has 0 amide bonds. The molecule has 3 heteroatoms. The van der Waals surface area contributed by atoms with Gasteiger partial charge in [-0.15, -0.1) is 0 Å². The molecule has 3 nitrogen and oxygen atoms in total. The van der Waals surface area contributed by atoms with Crippen LogP contribution < -0.4 is 5.32 Å². The van der Waals surface area contributed by atoms with Crippen molar-refractivity contribution in [2.24, 2.45) is 5.92 Å². The number of carboxylic acids is 1. The van der Waals surface area contributed by atoms with Crippen LogP contribution in [0.1, 0.15) is 42.1 Å². The molecule has 1 unspecified atom stereocenters. The molecule has 2 N–H and O–H groups in total. The summed E-state index contributed by atoms with van der Waals surface area (Å²) in [5, 5.41) is 12.5. The topological polar surface area (TPSA) is 49.3 Å². The second-order valence-corrected chi connectivity index (χ2v) is 5.19. The number of benzene rings is 1. The van der Waals surface area contributed by atoms with Crippen molar-refractivity contribution in [1.29, 1.82) is 0 Å². The van der Waals surface area contributed by atoms with Gasteiger partial charge in [-0.2, -0.15) is 0 Å². The molecule has 0 bridgehead atoms. The molecule has 1 aromatic rings. The van der Waals surface area contributed by atoms with Gasteiger partial charge in [0.15, 0.2) is 0 Å². The van der Waals surface area contributed by atoms with Gasteiger partial charge in [-0.3, -0.25) is 0 Å². The highest BCUT2D eigenvalue weighted by atomic mass is 16.4. The highest BCUT2D eigenvalue weighted by molar-refractivity contribution is 5.87. The van der Waals surface area contributed by atoms with Gasteiger partial charge >= 0.3 is 5.97 Å². The fourth-order valence-electron chi connectivity index (χ4n) is 2.41. The summed E-state index contributed by atoms with van der Waals surface area (Å²) in [6, 6.07) is 7.78. The summed E-state index contributed by atoms with van der Waals surface area (Å²) in [5.74, 6) is -0.0111. The highest BCUT2D eigenvalue weighted by Gasteiger charge is 2.22. The number of hydrogen-bond acceptors (Lipinski definition) is 2. The maximum atomic E-state index is 10.9. The van der Waals surface area contributed by atoms with Crippen LogP contribution in [0.2, 0.25) is 0 Å². The smallest absolute Gasteiger partial charge is 0.335 e. The normalized spacial score (nSPS) is 17.2. The van der Waals surface area contributed by atoms with Crippen LogP contribution in [0.3, 0.4) is 0 Å². The summed E-state index contributed by atoms with van der Waals surface area (Å²) in [6.45, 7) is 3.16. The largest absolute Gasteiger partial charge is 0.478 e. The summed E-state index contributed by atoms with van der Waals surface area (Å²) >= 11 is 0. The molecule has 1 fully saturated rings. The van der Waals surface area contributed by atoms with Crippen LogP contribution in [0.4, 0.5) is 0 Å². The van der Waals surface area contributed by atoms with Crippen molar-refractivity contribution in [3.05, 3.63) is 35.4 Å². The van der Waals surface area contributed by atoms with Crippen molar-refractivity contribution in [2.45, 2.75) is 38.6 Å². The molecule has 1 aliphatic carbocycles. The minimum Gasteiger partial charge on any atom is -0.478 e. The Hall–Kier alpha value is -1.35. The Labute approximate surface area is 108 Å². The summed E-state index contributed by atoms with van der Waals surface area (Å²) in [4.78, 5) is 10.9. The van der Waals surface area contributed by atoms with Crippen LogP contribution in [0.5, 0.6) is 0 Å². The monoisotopic (exact) mass is 247 g/mol. The molecular formula is C15H21NO2. The van der Waals surface area contributed by atoms with E-state index in [-0.39, 0.29) is 0 Å². The SMILES string of the molecule is CC(NCCc1cccc(C(=O)O)c1)C1CCC1. The average Bonchev–Trinajstić information content (AvgIpc) is 2.27. The predicted molar refractivity (Wildman–Crippen MR) is 71.9 cm³/mol. The molecule has 0 spiro atoms. The lowest BCUT2D eigenvalue weighted by Gasteiger charge is -2.32. The van der Waals surface area contributed by atoms with E-state index in [1.165, 1.54) is 19.3 Å². The van der Waals surface area contributed by atoms with E-state index in [0.717, 1.165) is 24.4 Å². The molecule has 1 saturated carbocycles. The first kappa shape index (κ1) is 13.1. The summed E-state index contributed by atoms with van der Waals surface area (Å²) in [6.07, 6.45) is 4.96. The third kappa shape index (κ3) is 3.33. The molecule has 0 saturated heterocycles. The Bertz CT molecular complexity index is 413. The Kier molecular flexibility index (Phi) is 4.37. The molecule has 0 radical (unpaired) electrons. The Morgan fingerprint density at radius 1 is 1.50 bits per heavy atom. The number of nitrogens with one attached hydrogen (secondary N) is 1. The summed E-state index contributed by atoms with van der Waals surface area (Å²) < 4.78 is 0. The number of aromatic carboxylic acids is 1. The summed E-state index contributed by atoms with van der Waals surface area (Å²) in [5.41, 5.74) is 1.46. The molecule has 1 aliphatic rings. The van der Waals surface area contributed by atoms with Gasteiger partial charge in [-0.1, -0.05) is 18.6 Å². The van der Waals surface area contributed by atoms with Gasteiger partial charge in [0.2, 0.25) is 0 Å². The van der Waals surface area contributed by atoms with E-state index in [1.54, 1.807) is 12.1 Å². The van der Waals surface area contributed by atoms with Gasteiger partial charge in [0.1, 0.15) is 0 Å². The lowest BCUT2D eigenvalue weighted by Crippen LogP contribution is -2.38. The van der Waals surface area contributed by atoms with Gasteiger partial charge in [0.25, 0.3) is 0 Å². The fourth-order valence-corrected chi connectivity index (χ4v) is 2.41. The Morgan fingerprint density at radius 2 is 2.28 bits per heavy atom. The minimum atomic E-state index is -0.854. The first-order chi connectivity index (χ1) is 8.66. The van der Waals surface area contributed by atoms with E-state index >= 15 is 0 Å². The van der Waals surface area contributed by atoms with Crippen molar-refractivity contribution in [3.8, 4) is 0 Å². The second-order valence-electron chi connectivity index (χ2n) is 5.19. The van der Waals surface area contributed by atoms with Gasteiger partial charge in [-0.25, -0.2) is 4.79 Å². The molecule has 0 aromatic heterocycles. The minimum absolute atomic E-state index is 0.375. The predicted octanol–water partition coefficient (Wildman–Crippen LogP) is 2.71. The zero-order valence-corrected chi connectivity index (χ0v) is 10.9. The van der Waals surface area contributed by atoms with Crippen molar-refractivity contribution in [2.75, 3.05) is 6.54 Å². The first-order valence-electron chi connectivity index (χ1n) is 6.72. The second kappa shape index (κ2) is 6.01. The van der Waals surface area contributed by atoms with Crippen LogP contribution in [-0.2, 0) is 6.42 Å². The fraction of sp³-hybridized carbons (Fsp3) is 0.533. The van der Waals surface area contributed by atoms with Gasteiger partial charge < -0.3 is 10.4 Å². The number of rotatable bonds is 6. The first-order valence-corrected chi connectivity index (χ1v) is 6.72. The molecule has 1 aromatic carbocycles. The van der Waals surface area contributed by atoms with Gasteiger partial charge in [-0.05, 0) is 56.3 Å². The number of carbonyl (C=O) groups is 1. The molecule has 18 heavy (non-hydrogen) atoms. The quantitative estimate of drug-likeness (QED) is 0.812. The van der Waals surface area contributed by atoms with Crippen LogP contribution in [-0.4, -0.2) is 23.7 Å². The third-order valence-corrected chi connectivity index (χ3v) is 3.91. The van der Waals surface area contributed by atoms with E-state index in [9.17, 15) is 4.79 Å². The van der Waals surface area contributed by atoms with Crippen LogP contribution in [0.25, 0.3) is 0 Å². The van der Waals surface area contributed by atoms with Crippen LogP contribution >= 0.6 is 0 Å². The van der Waals surface area contributed by atoms with Crippen molar-refractivity contribution in [1.82, 2.24) is 5.32 Å². The zero-order valence-electron chi connectivity index (χ0n) is 10.9. The molecule has 0 heterocycles. The lowest BCUT2D eigenvalue weighted by atomic mass is 9.80. The Balaban J connectivity index is 1.78. The van der Waals surface area contributed by atoms with Crippen LogP contribution in [0.15, 0.2) is 24.3 Å². The molecule has 98 valence electrons. The van der Waals surface area contributed by atoms with E-state index in [2.05, 4.69) is 12.2 Å². The van der Waals surface area contributed by atoms with Crippen molar-refractivity contribution >= 4 is 5.97 Å². The van der Waals surface area contributed by atoms with Crippen LogP contribution in [0, 0.1) is 5.92 Å². The van der Waals surface area contributed by atoms with E-state index in [4.69, 9.17) is 5.11 Å². The number of carboxylic acid groups (broad SMARTS) is 1. The molecule has 2 rings (SSSR count). The molecular weight excluding hydrogens is 226 g/mol. The van der Waals surface area contributed by atoms with E-state index < -0.39 is 5.97 Å². The lowest BCUT2D eigenvalue weighted by molar-refractivity contribution is 0.0696. The molecule has 0 aliphatic heterocycles. The maximum absolute atomic E-state index is 10.9. The van der Waals surface area contributed by atoms with E-state index in [0.29, 0.717) is 11.6 Å². The Morgan fingerprint density at radius 3 is 2.89 bits per heavy atom. The zero-order chi connectivity index (χ0) is 13.0. The number of hydrogen-bond donors (Lipinski definition) is 2. The molecule has 1 atom stereocenters. The maximum Gasteiger partial charge on any atom is 0.335 e. The third-order valence-electron chi connectivity index (χ3n) is 3.91.